The SMILES string of the molecule is CN1CCC2(CC1)CN(Cc1ccc(Nc3ncc(F)c(-c4cc(F)c5nc6n(c5c4)C(C(F)(F)F)CC6)n3)nc1)C2. The van der Waals surface area contributed by atoms with Crippen molar-refractivity contribution < 1.29 is 22.0 Å². The van der Waals surface area contributed by atoms with Crippen molar-refractivity contribution in [3.8, 4) is 11.3 Å². The Morgan fingerprint density at radius 1 is 1.00 bits per heavy atom. The van der Waals surface area contributed by atoms with Crippen LogP contribution in [0.15, 0.2) is 36.7 Å². The third kappa shape index (κ3) is 4.87. The van der Waals surface area contributed by atoms with E-state index in [-0.39, 0.29) is 46.9 Å². The van der Waals surface area contributed by atoms with Gasteiger partial charge in [0.1, 0.15) is 28.9 Å². The highest BCUT2D eigenvalue weighted by Crippen LogP contribution is 2.43. The average Bonchev–Trinajstić information content (AvgIpc) is 3.52. The van der Waals surface area contributed by atoms with Crippen molar-refractivity contribution in [2.75, 3.05) is 38.5 Å². The maximum atomic E-state index is 15.0. The van der Waals surface area contributed by atoms with Gasteiger partial charge in [0.05, 0.1) is 11.7 Å². The molecule has 0 amide bonds. The first-order chi connectivity index (χ1) is 20.1. The fourth-order valence-electron chi connectivity index (χ4n) is 6.58. The number of nitrogens with one attached hydrogen (secondary N) is 1. The fraction of sp³-hybridized carbons (Fsp3) is 0.448. The van der Waals surface area contributed by atoms with Crippen LogP contribution in [-0.2, 0) is 13.0 Å². The molecule has 13 heteroatoms. The smallest absolute Gasteiger partial charge is 0.316 e. The van der Waals surface area contributed by atoms with E-state index in [1.807, 2.05) is 6.07 Å². The lowest BCUT2D eigenvalue weighted by atomic mass is 9.72. The van der Waals surface area contributed by atoms with Gasteiger partial charge in [-0.1, -0.05) is 6.07 Å². The Hall–Kier alpha value is -3.71. The number of halogens is 5. The van der Waals surface area contributed by atoms with Gasteiger partial charge in [0.25, 0.3) is 0 Å². The Kier molecular flexibility index (Phi) is 6.42. The molecule has 7 rings (SSSR count). The minimum Gasteiger partial charge on any atom is -0.316 e. The molecule has 3 aliphatic heterocycles. The molecule has 220 valence electrons. The molecule has 1 spiro atoms. The van der Waals surface area contributed by atoms with Gasteiger partial charge < -0.3 is 14.8 Å². The second kappa shape index (κ2) is 9.94. The van der Waals surface area contributed by atoms with Crippen LogP contribution in [0.2, 0.25) is 0 Å². The van der Waals surface area contributed by atoms with Crippen molar-refractivity contribution in [2.24, 2.45) is 5.41 Å². The van der Waals surface area contributed by atoms with Crippen LogP contribution in [0.3, 0.4) is 0 Å². The lowest BCUT2D eigenvalue weighted by Gasteiger charge is -2.54. The number of fused-ring (bicyclic) bond motifs is 3. The van der Waals surface area contributed by atoms with Crippen molar-refractivity contribution in [3.05, 3.63) is 59.7 Å². The first-order valence-electron chi connectivity index (χ1n) is 14.0. The van der Waals surface area contributed by atoms with Crippen molar-refractivity contribution in [3.63, 3.8) is 0 Å². The molecular formula is C29H29F5N8. The molecule has 3 aromatic heterocycles. The van der Waals surface area contributed by atoms with E-state index in [0.29, 0.717) is 11.2 Å². The van der Waals surface area contributed by atoms with Gasteiger partial charge in [0.2, 0.25) is 5.95 Å². The predicted octanol–water partition coefficient (Wildman–Crippen LogP) is 5.49. The lowest BCUT2D eigenvalue weighted by molar-refractivity contribution is -0.164. The summed E-state index contributed by atoms with van der Waals surface area (Å²) in [5.74, 6) is -1.08. The number of hydrogen-bond acceptors (Lipinski definition) is 7. The number of likely N-dealkylation sites (tertiary alicyclic amines) is 2. The molecule has 0 radical (unpaired) electrons. The summed E-state index contributed by atoms with van der Waals surface area (Å²) in [5, 5.41) is 2.94. The second-order valence-corrected chi connectivity index (χ2v) is 11.8. The van der Waals surface area contributed by atoms with Crippen LogP contribution in [0.5, 0.6) is 0 Å². The molecule has 3 aliphatic rings. The van der Waals surface area contributed by atoms with Gasteiger partial charge in [-0.2, -0.15) is 13.2 Å². The number of hydrogen-bond donors (Lipinski definition) is 1. The number of pyridine rings is 1. The number of aromatic nitrogens is 5. The van der Waals surface area contributed by atoms with E-state index in [0.717, 1.165) is 55.1 Å². The highest BCUT2D eigenvalue weighted by molar-refractivity contribution is 5.83. The molecule has 1 N–H and O–H groups in total. The van der Waals surface area contributed by atoms with Crippen LogP contribution in [0.1, 0.15) is 36.7 Å². The molecule has 2 fully saturated rings. The third-order valence-electron chi connectivity index (χ3n) is 8.81. The number of nitrogens with zero attached hydrogens (tertiary/aromatic N) is 7. The Bertz CT molecular complexity index is 1630. The normalized spacial score (nSPS) is 20.7. The first-order valence-corrected chi connectivity index (χ1v) is 14.0. The monoisotopic (exact) mass is 584 g/mol. The summed E-state index contributed by atoms with van der Waals surface area (Å²) in [6.07, 6.45) is 0.559. The molecule has 0 aliphatic carbocycles. The molecule has 42 heavy (non-hydrogen) atoms. The van der Waals surface area contributed by atoms with Gasteiger partial charge in [-0.25, -0.2) is 28.7 Å². The number of alkyl halides is 3. The summed E-state index contributed by atoms with van der Waals surface area (Å²) < 4.78 is 71.8. The number of benzene rings is 1. The van der Waals surface area contributed by atoms with E-state index >= 15 is 4.39 Å². The summed E-state index contributed by atoms with van der Waals surface area (Å²) in [6.45, 7) is 5.30. The van der Waals surface area contributed by atoms with Crippen molar-refractivity contribution >= 4 is 22.8 Å². The highest BCUT2D eigenvalue weighted by Gasteiger charge is 2.46. The summed E-state index contributed by atoms with van der Waals surface area (Å²) in [5.41, 5.74) is 1.03. The number of aryl methyl sites for hydroxylation is 1. The Morgan fingerprint density at radius 2 is 1.79 bits per heavy atom. The third-order valence-corrected chi connectivity index (χ3v) is 8.81. The number of rotatable bonds is 5. The maximum Gasteiger partial charge on any atom is 0.409 e. The average molecular weight is 585 g/mol. The molecule has 8 nitrogen and oxygen atoms in total. The van der Waals surface area contributed by atoms with E-state index < -0.39 is 23.9 Å². The standard InChI is InChI=1S/C29H29F5N8/c1-40-8-6-28(7-9-40)15-41(16-28)14-17-2-4-23(35-12-17)37-27-36-13-20(31)25(39-27)18-10-19(30)26-21(11-18)42-22(29(32,33)34)3-5-24(42)38-26/h2,4,10-13,22H,3,5-9,14-16H2,1H3,(H,35,36,37,39). The zero-order valence-electron chi connectivity index (χ0n) is 22.9. The van der Waals surface area contributed by atoms with E-state index in [1.165, 1.54) is 18.9 Å². The summed E-state index contributed by atoms with van der Waals surface area (Å²) >= 11 is 0. The molecule has 0 bridgehead atoms. The first kappa shape index (κ1) is 27.1. The molecule has 6 heterocycles. The van der Waals surface area contributed by atoms with Gasteiger partial charge in [-0.05, 0) is 68.6 Å². The maximum absolute atomic E-state index is 15.0. The summed E-state index contributed by atoms with van der Waals surface area (Å²) in [4.78, 5) is 21.5. The van der Waals surface area contributed by atoms with Gasteiger partial charge in [0.15, 0.2) is 11.6 Å². The second-order valence-electron chi connectivity index (χ2n) is 11.8. The minimum atomic E-state index is -4.52. The van der Waals surface area contributed by atoms with Gasteiger partial charge in [-0.3, -0.25) is 4.90 Å². The zero-order chi connectivity index (χ0) is 29.2. The Labute approximate surface area is 238 Å². The van der Waals surface area contributed by atoms with Gasteiger partial charge in [0, 0.05) is 37.8 Å². The van der Waals surface area contributed by atoms with Gasteiger partial charge >= 0.3 is 6.18 Å². The van der Waals surface area contributed by atoms with Crippen LogP contribution in [0.25, 0.3) is 22.3 Å². The van der Waals surface area contributed by atoms with Crippen molar-refractivity contribution in [1.82, 2.24) is 34.3 Å². The molecule has 2 saturated heterocycles. The van der Waals surface area contributed by atoms with Crippen molar-refractivity contribution in [1.29, 1.82) is 0 Å². The molecular weight excluding hydrogens is 555 g/mol. The molecule has 1 atom stereocenters. The number of anilines is 2. The predicted molar refractivity (Wildman–Crippen MR) is 146 cm³/mol. The topological polar surface area (TPSA) is 75.0 Å². The van der Waals surface area contributed by atoms with E-state index in [9.17, 15) is 17.6 Å². The van der Waals surface area contributed by atoms with Crippen LogP contribution in [0, 0.1) is 17.0 Å². The summed E-state index contributed by atoms with van der Waals surface area (Å²) in [7, 11) is 2.17. The zero-order valence-corrected chi connectivity index (χ0v) is 22.9. The van der Waals surface area contributed by atoms with Gasteiger partial charge in [-0.15, -0.1) is 0 Å². The largest absolute Gasteiger partial charge is 0.409 e. The number of piperidine rings is 1. The Morgan fingerprint density at radius 3 is 2.50 bits per heavy atom. The Balaban J connectivity index is 1.08. The van der Waals surface area contributed by atoms with E-state index in [2.05, 4.69) is 42.1 Å². The molecule has 1 aromatic carbocycles. The lowest BCUT2D eigenvalue weighted by Crippen LogP contribution is -2.59. The van der Waals surface area contributed by atoms with Crippen LogP contribution in [0.4, 0.5) is 33.7 Å². The molecule has 1 unspecified atom stereocenters. The van der Waals surface area contributed by atoms with E-state index in [4.69, 9.17) is 0 Å². The summed E-state index contributed by atoms with van der Waals surface area (Å²) in [6, 6.07) is 4.25. The number of imidazole rings is 1. The fourth-order valence-corrected chi connectivity index (χ4v) is 6.58. The van der Waals surface area contributed by atoms with Crippen LogP contribution >= 0.6 is 0 Å². The van der Waals surface area contributed by atoms with E-state index in [1.54, 1.807) is 12.3 Å². The quantitative estimate of drug-likeness (QED) is 0.311. The van der Waals surface area contributed by atoms with Crippen LogP contribution < -0.4 is 5.32 Å². The molecule has 4 aromatic rings. The minimum absolute atomic E-state index is 0.0151. The molecule has 0 saturated carbocycles. The van der Waals surface area contributed by atoms with Crippen molar-refractivity contribution in [2.45, 2.75) is 44.4 Å². The highest BCUT2D eigenvalue weighted by atomic mass is 19.4. The van der Waals surface area contributed by atoms with Crippen LogP contribution in [-0.4, -0.2) is 73.7 Å².